The summed E-state index contributed by atoms with van der Waals surface area (Å²) in [7, 11) is 0. The summed E-state index contributed by atoms with van der Waals surface area (Å²) in [6, 6.07) is 49.8. The fourth-order valence-electron chi connectivity index (χ4n) is 13.2. The third kappa shape index (κ3) is 3.49. The third-order valence-electron chi connectivity index (χ3n) is 14.8. The van der Waals surface area contributed by atoms with Gasteiger partial charge in [0.1, 0.15) is 0 Å². The van der Waals surface area contributed by atoms with Crippen molar-refractivity contribution in [1.82, 2.24) is 0 Å². The number of nitrogens with zero attached hydrogens (tertiary/aromatic N) is 1. The molecule has 0 N–H and O–H groups in total. The van der Waals surface area contributed by atoms with Gasteiger partial charge in [-0.3, -0.25) is 0 Å². The van der Waals surface area contributed by atoms with Crippen molar-refractivity contribution in [2.45, 2.75) is 68.6 Å². The monoisotopic (exact) mass is 645 g/mol. The van der Waals surface area contributed by atoms with Gasteiger partial charge in [-0.05, 0) is 149 Å². The molecule has 1 heteroatoms. The molecule has 6 aromatic rings. The van der Waals surface area contributed by atoms with E-state index in [0.29, 0.717) is 0 Å². The van der Waals surface area contributed by atoms with Crippen LogP contribution in [0.5, 0.6) is 0 Å². The van der Waals surface area contributed by atoms with Crippen LogP contribution in [0.4, 0.5) is 17.1 Å². The Hall–Kier alpha value is -4.62. The van der Waals surface area contributed by atoms with Gasteiger partial charge in [-0.25, -0.2) is 0 Å². The van der Waals surface area contributed by atoms with E-state index in [4.69, 9.17) is 0 Å². The summed E-state index contributed by atoms with van der Waals surface area (Å²) in [5, 5.41) is 2.59. The minimum atomic E-state index is 0.132. The molecule has 5 fully saturated rings. The molecule has 4 bridgehead atoms. The predicted molar refractivity (Wildman–Crippen MR) is 207 cm³/mol. The van der Waals surface area contributed by atoms with E-state index in [9.17, 15) is 0 Å². The third-order valence-corrected chi connectivity index (χ3v) is 14.8. The Labute approximate surface area is 296 Å². The Kier molecular flexibility index (Phi) is 5.62. The first-order valence-corrected chi connectivity index (χ1v) is 19.5. The van der Waals surface area contributed by atoms with Gasteiger partial charge in [-0.1, -0.05) is 110 Å². The summed E-state index contributed by atoms with van der Waals surface area (Å²) in [4.78, 5) is 2.64. The molecular formula is C49H43N. The van der Waals surface area contributed by atoms with E-state index in [1.807, 2.05) is 0 Å². The van der Waals surface area contributed by atoms with E-state index < -0.39 is 0 Å². The van der Waals surface area contributed by atoms with E-state index in [-0.39, 0.29) is 10.8 Å². The molecule has 244 valence electrons. The maximum absolute atomic E-state index is 2.64. The zero-order valence-electron chi connectivity index (χ0n) is 28.7. The zero-order chi connectivity index (χ0) is 32.6. The van der Waals surface area contributed by atoms with E-state index in [1.165, 1.54) is 108 Å². The summed E-state index contributed by atoms with van der Waals surface area (Å²) in [6.45, 7) is 0. The van der Waals surface area contributed by atoms with Crippen LogP contribution in [0.1, 0.15) is 80.0 Å². The molecular weight excluding hydrogens is 603 g/mol. The van der Waals surface area contributed by atoms with E-state index in [0.717, 1.165) is 23.7 Å². The fraction of sp³-hybridized carbons (Fsp3) is 0.306. The van der Waals surface area contributed by atoms with Crippen molar-refractivity contribution in [2.75, 3.05) is 4.90 Å². The Morgan fingerprint density at radius 1 is 0.460 bits per heavy atom. The van der Waals surface area contributed by atoms with E-state index in [1.54, 1.807) is 22.3 Å². The lowest BCUT2D eigenvalue weighted by molar-refractivity contribution is -0.0399. The Morgan fingerprint density at radius 3 is 1.88 bits per heavy atom. The second kappa shape index (κ2) is 10.0. The van der Waals surface area contributed by atoms with Gasteiger partial charge in [0.2, 0.25) is 0 Å². The van der Waals surface area contributed by atoms with Crippen molar-refractivity contribution in [1.29, 1.82) is 0 Å². The maximum atomic E-state index is 2.64. The van der Waals surface area contributed by atoms with Crippen LogP contribution in [0, 0.1) is 23.7 Å². The highest BCUT2D eigenvalue weighted by Gasteiger charge is 2.62. The van der Waals surface area contributed by atoms with Gasteiger partial charge in [0.25, 0.3) is 0 Å². The first-order chi connectivity index (χ1) is 24.7. The van der Waals surface area contributed by atoms with E-state index in [2.05, 4.69) is 132 Å². The number of fused-ring (bicyclic) bond motifs is 9. The summed E-state index contributed by atoms with van der Waals surface area (Å²) < 4.78 is 0. The summed E-state index contributed by atoms with van der Waals surface area (Å²) in [5.74, 6) is 3.39. The highest BCUT2D eigenvalue weighted by molar-refractivity contribution is 5.98. The van der Waals surface area contributed by atoms with Crippen LogP contribution < -0.4 is 4.90 Å². The second-order valence-electron chi connectivity index (χ2n) is 16.9. The first-order valence-electron chi connectivity index (χ1n) is 19.5. The molecule has 6 aromatic carbocycles. The zero-order valence-corrected chi connectivity index (χ0v) is 28.7. The van der Waals surface area contributed by atoms with Gasteiger partial charge in [0, 0.05) is 27.8 Å². The van der Waals surface area contributed by atoms with Gasteiger partial charge < -0.3 is 4.90 Å². The average molecular weight is 646 g/mol. The standard InChI is InChI=1S/C49H43N/c1-2-11-34-29-37(19-18-33(34)10-1)50(38-20-21-40-39-12-3-5-14-42(39)48(45(40)30-38)22-7-8-23-48)46-17-9-16-44-47(46)41-13-4-6-15-43(41)49(44)35-25-31-24-32(27-35)28-36(49)26-31/h1-6,9-21,29-32,35-36H,7-8,22-28H2. The van der Waals surface area contributed by atoms with E-state index >= 15 is 0 Å². The minimum Gasteiger partial charge on any atom is -0.310 e. The van der Waals surface area contributed by atoms with Crippen LogP contribution in [0.2, 0.25) is 0 Å². The molecule has 7 aliphatic rings. The van der Waals surface area contributed by atoms with Gasteiger partial charge in [0.05, 0.1) is 5.69 Å². The van der Waals surface area contributed by atoms with Crippen molar-refractivity contribution in [3.63, 3.8) is 0 Å². The lowest BCUT2D eigenvalue weighted by atomic mass is 9.43. The molecule has 13 rings (SSSR count). The molecule has 0 heterocycles. The van der Waals surface area contributed by atoms with Crippen LogP contribution in [0.15, 0.2) is 127 Å². The molecule has 0 unspecified atom stereocenters. The van der Waals surface area contributed by atoms with Crippen LogP contribution in [-0.4, -0.2) is 0 Å². The normalized spacial score (nSPS) is 27.1. The predicted octanol–water partition coefficient (Wildman–Crippen LogP) is 12.9. The minimum absolute atomic E-state index is 0.132. The molecule has 5 saturated carbocycles. The van der Waals surface area contributed by atoms with Crippen LogP contribution in [0.25, 0.3) is 33.0 Å². The molecule has 0 amide bonds. The fourth-order valence-corrected chi connectivity index (χ4v) is 13.2. The van der Waals surface area contributed by atoms with Crippen molar-refractivity contribution in [2.24, 2.45) is 23.7 Å². The molecule has 2 spiro atoms. The quantitative estimate of drug-likeness (QED) is 0.185. The number of benzene rings is 6. The lowest BCUT2D eigenvalue weighted by Crippen LogP contribution is -2.55. The lowest BCUT2D eigenvalue weighted by Gasteiger charge is -2.61. The molecule has 50 heavy (non-hydrogen) atoms. The number of hydrogen-bond acceptors (Lipinski definition) is 1. The van der Waals surface area contributed by atoms with Gasteiger partial charge in [0.15, 0.2) is 0 Å². The van der Waals surface area contributed by atoms with Crippen molar-refractivity contribution >= 4 is 27.8 Å². The molecule has 0 atom stereocenters. The highest BCUT2D eigenvalue weighted by atomic mass is 15.1. The summed E-state index contributed by atoms with van der Waals surface area (Å²) in [6.07, 6.45) is 12.2. The molecule has 0 radical (unpaired) electrons. The summed E-state index contributed by atoms with van der Waals surface area (Å²) in [5.41, 5.74) is 16.4. The Morgan fingerprint density at radius 2 is 1.08 bits per heavy atom. The molecule has 0 aliphatic heterocycles. The van der Waals surface area contributed by atoms with Gasteiger partial charge >= 0.3 is 0 Å². The largest absolute Gasteiger partial charge is 0.310 e. The number of hydrogen-bond donors (Lipinski definition) is 0. The van der Waals surface area contributed by atoms with Gasteiger partial charge in [-0.15, -0.1) is 0 Å². The van der Waals surface area contributed by atoms with Crippen molar-refractivity contribution < 1.29 is 0 Å². The topological polar surface area (TPSA) is 3.24 Å². The molecule has 0 saturated heterocycles. The Balaban J connectivity index is 1.12. The molecule has 7 aliphatic carbocycles. The highest BCUT2D eigenvalue weighted by Crippen LogP contribution is 2.70. The second-order valence-corrected chi connectivity index (χ2v) is 16.9. The maximum Gasteiger partial charge on any atom is 0.0543 e. The molecule has 1 nitrogen and oxygen atoms in total. The summed E-state index contributed by atoms with van der Waals surface area (Å²) >= 11 is 0. The van der Waals surface area contributed by atoms with Crippen LogP contribution in [-0.2, 0) is 10.8 Å². The van der Waals surface area contributed by atoms with Gasteiger partial charge in [-0.2, -0.15) is 0 Å². The van der Waals surface area contributed by atoms with Crippen molar-refractivity contribution in [3.8, 4) is 22.3 Å². The molecule has 0 aromatic heterocycles. The number of anilines is 3. The SMILES string of the molecule is c1ccc2c(c1)-c1ccc(N(c3ccc4ccccc4c3)c3cccc4c3-c3ccccc3C43C4CC5CC(C4)CC3C5)cc1C21CCCC1. The first kappa shape index (κ1) is 28.1. The number of rotatable bonds is 3. The van der Waals surface area contributed by atoms with Crippen molar-refractivity contribution in [3.05, 3.63) is 150 Å². The van der Waals surface area contributed by atoms with Crippen LogP contribution in [0.3, 0.4) is 0 Å². The Bertz CT molecular complexity index is 2340. The van der Waals surface area contributed by atoms with Crippen LogP contribution >= 0.6 is 0 Å². The smallest absolute Gasteiger partial charge is 0.0543 e. The average Bonchev–Trinajstić information content (AvgIpc) is 3.84.